The number of nitrogens with zero attached hydrogens (tertiary/aromatic N) is 1. The molecule has 1 aromatic heterocycles. The van der Waals surface area contributed by atoms with Crippen LogP contribution in [0.1, 0.15) is 35.8 Å². The second-order valence-electron chi connectivity index (χ2n) is 7.86. The number of benzene rings is 1. The fourth-order valence-corrected chi connectivity index (χ4v) is 3.95. The van der Waals surface area contributed by atoms with Crippen molar-refractivity contribution in [2.24, 2.45) is 11.7 Å². The van der Waals surface area contributed by atoms with E-state index >= 15 is 0 Å². The largest absolute Gasteiger partial charge is 0.493 e. The van der Waals surface area contributed by atoms with E-state index in [0.29, 0.717) is 12.1 Å². The number of carbonyl (C=O) groups is 2. The number of ether oxygens (including phenoxy) is 2. The van der Waals surface area contributed by atoms with Crippen molar-refractivity contribution in [2.45, 2.75) is 37.6 Å². The molecule has 1 saturated heterocycles. The molecule has 0 bridgehead atoms. The highest BCUT2D eigenvalue weighted by Crippen LogP contribution is 2.55. The van der Waals surface area contributed by atoms with Gasteiger partial charge in [-0.05, 0) is 19.1 Å². The van der Waals surface area contributed by atoms with E-state index < -0.39 is 70.6 Å². The minimum Gasteiger partial charge on any atom is -0.493 e. The number of aromatic nitrogens is 1. The molecule has 1 aromatic carbocycles. The third-order valence-electron chi connectivity index (χ3n) is 5.88. The van der Waals surface area contributed by atoms with Crippen LogP contribution in [0.5, 0.6) is 5.75 Å². The summed E-state index contributed by atoms with van der Waals surface area (Å²) in [4.78, 5) is 27.6. The Bertz CT molecular complexity index is 1140. The Morgan fingerprint density at radius 1 is 1.21 bits per heavy atom. The van der Waals surface area contributed by atoms with E-state index in [1.807, 2.05) is 0 Å². The van der Waals surface area contributed by atoms with Crippen LogP contribution in [0.4, 0.5) is 32.0 Å². The molecular weight excluding hydrogens is 472 g/mol. The number of nitrogens with two attached hydrogens (primary N) is 1. The topological polar surface area (TPSA) is 104 Å². The molecule has 3 N–H and O–H groups in total. The van der Waals surface area contributed by atoms with Gasteiger partial charge in [0, 0.05) is 29.2 Å². The van der Waals surface area contributed by atoms with Gasteiger partial charge in [0.25, 0.3) is 11.8 Å². The van der Waals surface area contributed by atoms with Crippen LogP contribution in [-0.2, 0) is 9.53 Å². The lowest BCUT2D eigenvalue weighted by molar-refractivity contribution is -0.272. The molecule has 0 unspecified atom stereocenters. The normalized spacial score (nSPS) is 24.7. The second-order valence-corrected chi connectivity index (χ2v) is 7.86. The SMILES string of the molecule is COc1c([C@@H]2[C@@H](C)[C@@](C)(C(F)(F)F)O[C@H]2C(=O)Nc2cc(F)nc(C(N)=O)c2)ccc(F)c1F. The first-order valence-electron chi connectivity index (χ1n) is 9.76. The molecule has 2 aromatic rings. The summed E-state index contributed by atoms with van der Waals surface area (Å²) in [5.74, 6) is -9.85. The van der Waals surface area contributed by atoms with Crippen LogP contribution in [0.15, 0.2) is 24.3 Å². The maximum Gasteiger partial charge on any atom is 0.417 e. The van der Waals surface area contributed by atoms with E-state index in [1.54, 1.807) is 0 Å². The highest BCUT2D eigenvalue weighted by atomic mass is 19.4. The van der Waals surface area contributed by atoms with Gasteiger partial charge in [0.1, 0.15) is 11.8 Å². The molecular formula is C21H19F6N3O4. The number of carbonyl (C=O) groups excluding carboxylic acids is 2. The average molecular weight is 491 g/mol. The Kier molecular flexibility index (Phi) is 6.53. The Hall–Kier alpha value is -3.35. The third-order valence-corrected chi connectivity index (χ3v) is 5.88. The summed E-state index contributed by atoms with van der Waals surface area (Å²) in [6.07, 6.45) is -6.85. The van der Waals surface area contributed by atoms with Crippen LogP contribution >= 0.6 is 0 Å². The lowest BCUT2D eigenvalue weighted by Gasteiger charge is -2.32. The van der Waals surface area contributed by atoms with Crippen LogP contribution in [0.3, 0.4) is 0 Å². The molecule has 0 saturated carbocycles. The van der Waals surface area contributed by atoms with Crippen molar-refractivity contribution in [1.29, 1.82) is 0 Å². The Morgan fingerprint density at radius 3 is 2.41 bits per heavy atom. The van der Waals surface area contributed by atoms with Crippen LogP contribution in [0.2, 0.25) is 0 Å². The standard InChI is InChI=1S/C21H19F6N3O4/c1-8-14(10-4-5-11(22)15(24)16(10)33-3)17(34-20(8,2)21(25,26)27)19(32)29-9-6-12(18(28)31)30-13(23)7-9/h4-8,14,17H,1-3H3,(H2,28,31)(H,29,30,32)/t8-,14+,17-,20+/m1/s1. The second kappa shape index (κ2) is 8.78. The molecule has 13 heteroatoms. The van der Waals surface area contributed by atoms with Crippen LogP contribution < -0.4 is 15.8 Å². The molecule has 3 rings (SSSR count). The maximum absolute atomic E-state index is 14.4. The number of nitrogens with one attached hydrogen (secondary N) is 1. The van der Waals surface area contributed by atoms with Crippen LogP contribution in [0.25, 0.3) is 0 Å². The lowest BCUT2D eigenvalue weighted by Crippen LogP contribution is -2.47. The number of rotatable bonds is 5. The zero-order valence-corrected chi connectivity index (χ0v) is 18.0. The fraction of sp³-hybridized carbons (Fsp3) is 0.381. The van der Waals surface area contributed by atoms with E-state index in [0.717, 1.165) is 33.1 Å². The minimum absolute atomic E-state index is 0.235. The molecule has 0 spiro atoms. The number of hydrogen-bond acceptors (Lipinski definition) is 5. The zero-order chi connectivity index (χ0) is 25.6. The van der Waals surface area contributed by atoms with Crippen molar-refractivity contribution in [3.63, 3.8) is 0 Å². The molecule has 1 aliphatic rings. The summed E-state index contributed by atoms with van der Waals surface area (Å²) in [5, 5.41) is 2.17. The highest BCUT2D eigenvalue weighted by Gasteiger charge is 2.65. The Morgan fingerprint density at radius 2 is 1.85 bits per heavy atom. The number of primary amides is 1. The van der Waals surface area contributed by atoms with Gasteiger partial charge in [-0.3, -0.25) is 9.59 Å². The molecule has 34 heavy (non-hydrogen) atoms. The monoisotopic (exact) mass is 491 g/mol. The lowest BCUT2D eigenvalue weighted by atomic mass is 9.77. The molecule has 2 heterocycles. The van der Waals surface area contributed by atoms with Gasteiger partial charge >= 0.3 is 6.18 Å². The Labute approximate surface area is 189 Å². The third kappa shape index (κ3) is 4.27. The number of anilines is 1. The van der Waals surface area contributed by atoms with E-state index in [9.17, 15) is 35.9 Å². The van der Waals surface area contributed by atoms with E-state index in [1.165, 1.54) is 0 Å². The smallest absolute Gasteiger partial charge is 0.417 e. The number of pyridine rings is 1. The molecule has 4 atom stereocenters. The van der Waals surface area contributed by atoms with Crippen molar-refractivity contribution in [3.05, 3.63) is 53.1 Å². The minimum atomic E-state index is -4.95. The summed E-state index contributed by atoms with van der Waals surface area (Å²) in [6.45, 7) is 1.87. The predicted molar refractivity (Wildman–Crippen MR) is 105 cm³/mol. The van der Waals surface area contributed by atoms with Crippen molar-refractivity contribution in [1.82, 2.24) is 4.98 Å². The molecule has 184 valence electrons. The zero-order valence-electron chi connectivity index (χ0n) is 18.0. The summed E-state index contributed by atoms with van der Waals surface area (Å²) in [7, 11) is 0.991. The van der Waals surface area contributed by atoms with Gasteiger partial charge in [0.2, 0.25) is 11.8 Å². The quantitative estimate of drug-likeness (QED) is 0.491. The van der Waals surface area contributed by atoms with E-state index in [-0.39, 0.29) is 11.3 Å². The average Bonchev–Trinajstić information content (AvgIpc) is 3.01. The van der Waals surface area contributed by atoms with E-state index in [2.05, 4.69) is 10.3 Å². The molecule has 0 radical (unpaired) electrons. The Balaban J connectivity index is 2.09. The predicted octanol–water partition coefficient (Wildman–Crippen LogP) is 3.68. The molecule has 0 aliphatic carbocycles. The van der Waals surface area contributed by atoms with Crippen molar-refractivity contribution < 1.29 is 45.4 Å². The summed E-state index contributed by atoms with van der Waals surface area (Å²) in [6, 6.07) is 3.31. The number of amides is 2. The molecule has 2 amide bonds. The highest BCUT2D eigenvalue weighted by molar-refractivity contribution is 5.97. The van der Waals surface area contributed by atoms with Gasteiger partial charge in [-0.2, -0.15) is 22.0 Å². The van der Waals surface area contributed by atoms with Crippen molar-refractivity contribution in [3.8, 4) is 5.75 Å². The molecule has 1 aliphatic heterocycles. The summed E-state index contributed by atoms with van der Waals surface area (Å²) in [5.41, 5.74) is 1.07. The molecule has 1 fully saturated rings. The van der Waals surface area contributed by atoms with Crippen LogP contribution in [-0.4, -0.2) is 41.8 Å². The van der Waals surface area contributed by atoms with Gasteiger partial charge in [0.05, 0.1) is 7.11 Å². The van der Waals surface area contributed by atoms with Gasteiger partial charge < -0.3 is 20.5 Å². The number of halogens is 6. The first-order valence-corrected chi connectivity index (χ1v) is 9.76. The first kappa shape index (κ1) is 25.3. The van der Waals surface area contributed by atoms with Crippen molar-refractivity contribution in [2.75, 3.05) is 12.4 Å². The number of methoxy groups -OCH3 is 1. The van der Waals surface area contributed by atoms with Crippen molar-refractivity contribution >= 4 is 17.5 Å². The van der Waals surface area contributed by atoms with Gasteiger partial charge in [0.15, 0.2) is 17.2 Å². The summed E-state index contributed by atoms with van der Waals surface area (Å²) < 4.78 is 93.7. The van der Waals surface area contributed by atoms with Gasteiger partial charge in [-0.1, -0.05) is 13.0 Å². The van der Waals surface area contributed by atoms with Crippen LogP contribution in [0, 0.1) is 23.5 Å². The first-order chi connectivity index (χ1) is 15.7. The molecule has 7 nitrogen and oxygen atoms in total. The maximum atomic E-state index is 14.4. The van der Waals surface area contributed by atoms with Gasteiger partial charge in [-0.25, -0.2) is 9.37 Å². The van der Waals surface area contributed by atoms with Gasteiger partial charge in [-0.15, -0.1) is 0 Å². The fourth-order valence-electron chi connectivity index (χ4n) is 3.95. The number of alkyl halides is 3. The van der Waals surface area contributed by atoms with E-state index in [4.69, 9.17) is 15.2 Å². The number of hydrogen-bond donors (Lipinski definition) is 2. The summed E-state index contributed by atoms with van der Waals surface area (Å²) >= 11 is 0.